The lowest BCUT2D eigenvalue weighted by Crippen LogP contribution is -2.18. The number of nitrogens with zero attached hydrogens (tertiary/aromatic N) is 2. The van der Waals surface area contributed by atoms with E-state index in [2.05, 4.69) is 25.3 Å². The summed E-state index contributed by atoms with van der Waals surface area (Å²) in [6, 6.07) is 11.4. The molecule has 1 aromatic heterocycles. The summed E-state index contributed by atoms with van der Waals surface area (Å²) < 4.78 is 25.9. The van der Waals surface area contributed by atoms with Gasteiger partial charge in [0.2, 0.25) is 21.9 Å². The van der Waals surface area contributed by atoms with Crippen molar-refractivity contribution in [3.05, 3.63) is 59.2 Å². The maximum Gasteiger partial charge on any atom is 0.240 e. The Hall–Kier alpha value is -3.01. The van der Waals surface area contributed by atoms with E-state index in [1.807, 2.05) is 0 Å². The van der Waals surface area contributed by atoms with Crippen LogP contribution < -0.4 is 15.4 Å². The van der Waals surface area contributed by atoms with Gasteiger partial charge in [-0.05, 0) is 49.5 Å². The second-order valence-electron chi connectivity index (χ2n) is 6.34. The highest BCUT2D eigenvalue weighted by Crippen LogP contribution is 2.34. The number of halogens is 1. The van der Waals surface area contributed by atoms with Crippen molar-refractivity contribution in [2.75, 3.05) is 17.7 Å². The minimum Gasteiger partial charge on any atom is -0.325 e. The van der Waals surface area contributed by atoms with Gasteiger partial charge >= 0.3 is 0 Å². The van der Waals surface area contributed by atoms with E-state index in [0.29, 0.717) is 33.6 Å². The van der Waals surface area contributed by atoms with Gasteiger partial charge in [-0.25, -0.2) is 23.1 Å². The third-order valence-electron chi connectivity index (χ3n) is 4.42. The standard InChI is InChI=1S/C19H16ClN5O3S/c1-21-29(27,28)14-5-3-13(4-6-14)23-19-22-10-11-8-17(26)24-16-9-12(20)2-7-15(16)18(11)25-19/h2-7,9-10,21H,8H2,1H3,(H,24,26)(H,22,23,25). The normalized spacial score (nSPS) is 13.1. The van der Waals surface area contributed by atoms with Gasteiger partial charge in [0.15, 0.2) is 0 Å². The Kier molecular flexibility index (Phi) is 4.95. The number of fused-ring (bicyclic) bond motifs is 3. The molecular weight excluding hydrogens is 414 g/mol. The molecule has 0 aliphatic carbocycles. The molecule has 0 fully saturated rings. The molecule has 4 rings (SSSR count). The second-order valence-corrected chi connectivity index (χ2v) is 8.66. The van der Waals surface area contributed by atoms with E-state index < -0.39 is 10.0 Å². The molecule has 10 heteroatoms. The van der Waals surface area contributed by atoms with Crippen molar-refractivity contribution in [1.29, 1.82) is 0 Å². The van der Waals surface area contributed by atoms with Crippen LogP contribution in [0.1, 0.15) is 5.56 Å². The molecular formula is C19H16ClN5O3S. The first-order valence-corrected chi connectivity index (χ1v) is 10.5. The molecule has 0 spiro atoms. The molecule has 0 saturated carbocycles. The highest BCUT2D eigenvalue weighted by Gasteiger charge is 2.21. The molecule has 2 aromatic carbocycles. The largest absolute Gasteiger partial charge is 0.325 e. The van der Waals surface area contributed by atoms with E-state index in [0.717, 1.165) is 5.56 Å². The second kappa shape index (κ2) is 7.43. The minimum absolute atomic E-state index is 0.151. The van der Waals surface area contributed by atoms with Crippen molar-refractivity contribution in [2.45, 2.75) is 11.3 Å². The Morgan fingerprint density at radius 2 is 1.90 bits per heavy atom. The number of nitrogens with one attached hydrogen (secondary N) is 3. The topological polar surface area (TPSA) is 113 Å². The van der Waals surface area contributed by atoms with Crippen LogP contribution in [0.5, 0.6) is 0 Å². The SMILES string of the molecule is CNS(=O)(=O)c1ccc(Nc2ncc3c(n2)-c2ccc(Cl)cc2NC(=O)C3)cc1. The molecule has 0 atom stereocenters. The van der Waals surface area contributed by atoms with Crippen LogP contribution in [-0.2, 0) is 21.2 Å². The number of benzene rings is 2. The molecule has 1 amide bonds. The molecule has 29 heavy (non-hydrogen) atoms. The van der Waals surface area contributed by atoms with Crippen molar-refractivity contribution < 1.29 is 13.2 Å². The number of amides is 1. The van der Waals surface area contributed by atoms with Crippen LogP contribution in [-0.4, -0.2) is 31.3 Å². The van der Waals surface area contributed by atoms with E-state index in [1.54, 1.807) is 36.5 Å². The van der Waals surface area contributed by atoms with Crippen molar-refractivity contribution in [2.24, 2.45) is 0 Å². The third kappa shape index (κ3) is 3.93. The number of anilines is 3. The van der Waals surface area contributed by atoms with Crippen molar-refractivity contribution >= 4 is 44.9 Å². The zero-order valence-electron chi connectivity index (χ0n) is 15.2. The number of aromatic nitrogens is 2. The lowest BCUT2D eigenvalue weighted by Gasteiger charge is -2.11. The predicted molar refractivity (Wildman–Crippen MR) is 111 cm³/mol. The number of carbonyl (C=O) groups is 1. The summed E-state index contributed by atoms with van der Waals surface area (Å²) in [4.78, 5) is 21.2. The van der Waals surface area contributed by atoms with Gasteiger partial charge in [0.1, 0.15) is 0 Å². The Morgan fingerprint density at radius 3 is 2.62 bits per heavy atom. The number of rotatable bonds is 4. The third-order valence-corrected chi connectivity index (χ3v) is 6.08. The van der Waals surface area contributed by atoms with Gasteiger partial charge < -0.3 is 10.6 Å². The van der Waals surface area contributed by atoms with Gasteiger partial charge in [-0.1, -0.05) is 11.6 Å². The summed E-state index contributed by atoms with van der Waals surface area (Å²) in [6.45, 7) is 0. The first-order chi connectivity index (χ1) is 13.9. The molecule has 148 valence electrons. The summed E-state index contributed by atoms with van der Waals surface area (Å²) in [5.41, 5.74) is 3.29. The van der Waals surface area contributed by atoms with E-state index in [1.165, 1.54) is 19.2 Å². The van der Waals surface area contributed by atoms with Crippen LogP contribution in [0.3, 0.4) is 0 Å². The molecule has 0 bridgehead atoms. The molecule has 2 heterocycles. The van der Waals surface area contributed by atoms with Crippen molar-refractivity contribution in [3.8, 4) is 11.3 Å². The smallest absolute Gasteiger partial charge is 0.240 e. The number of hydrogen-bond donors (Lipinski definition) is 3. The number of sulfonamides is 1. The summed E-state index contributed by atoms with van der Waals surface area (Å²) in [6.07, 6.45) is 1.76. The Balaban J connectivity index is 1.68. The molecule has 0 unspecified atom stereocenters. The maximum atomic E-state index is 12.2. The fourth-order valence-corrected chi connectivity index (χ4v) is 3.89. The van der Waals surface area contributed by atoms with E-state index in [9.17, 15) is 13.2 Å². The van der Waals surface area contributed by atoms with Crippen LogP contribution in [0.25, 0.3) is 11.3 Å². The van der Waals surface area contributed by atoms with Gasteiger partial charge in [-0.2, -0.15) is 0 Å². The highest BCUT2D eigenvalue weighted by molar-refractivity contribution is 7.89. The van der Waals surface area contributed by atoms with Crippen molar-refractivity contribution in [1.82, 2.24) is 14.7 Å². The van der Waals surface area contributed by atoms with E-state index in [-0.39, 0.29) is 17.2 Å². The number of hydrogen-bond acceptors (Lipinski definition) is 6. The quantitative estimate of drug-likeness (QED) is 0.587. The van der Waals surface area contributed by atoms with E-state index in [4.69, 9.17) is 11.6 Å². The average molecular weight is 430 g/mol. The Bertz CT molecular complexity index is 1210. The average Bonchev–Trinajstić information content (AvgIpc) is 2.83. The summed E-state index contributed by atoms with van der Waals surface area (Å²) in [5.74, 6) is 0.154. The molecule has 1 aliphatic heterocycles. The Labute approximate surface area is 172 Å². The van der Waals surface area contributed by atoms with Gasteiger partial charge in [0.05, 0.1) is 22.7 Å². The summed E-state index contributed by atoms with van der Waals surface area (Å²) in [5, 5.41) is 6.40. The molecule has 0 radical (unpaired) electrons. The summed E-state index contributed by atoms with van der Waals surface area (Å²) in [7, 11) is -2.15. The minimum atomic E-state index is -3.50. The maximum absolute atomic E-state index is 12.2. The zero-order chi connectivity index (χ0) is 20.6. The zero-order valence-corrected chi connectivity index (χ0v) is 16.8. The fraction of sp³-hybridized carbons (Fsp3) is 0.105. The molecule has 1 aliphatic rings. The van der Waals surface area contributed by atoms with Crippen LogP contribution in [0.4, 0.5) is 17.3 Å². The first-order valence-electron chi connectivity index (χ1n) is 8.62. The van der Waals surface area contributed by atoms with Gasteiger partial charge in [0, 0.05) is 28.0 Å². The predicted octanol–water partition coefficient (Wildman–Crippen LogP) is 2.94. The molecule has 3 aromatic rings. The molecule has 8 nitrogen and oxygen atoms in total. The van der Waals surface area contributed by atoms with Crippen LogP contribution in [0, 0.1) is 0 Å². The molecule has 0 saturated heterocycles. The van der Waals surface area contributed by atoms with Gasteiger partial charge in [-0.15, -0.1) is 0 Å². The monoisotopic (exact) mass is 429 g/mol. The fourth-order valence-electron chi connectivity index (χ4n) is 2.99. The lowest BCUT2D eigenvalue weighted by molar-refractivity contribution is -0.115. The van der Waals surface area contributed by atoms with Gasteiger partial charge in [0.25, 0.3) is 0 Å². The lowest BCUT2D eigenvalue weighted by atomic mass is 10.1. The van der Waals surface area contributed by atoms with Crippen molar-refractivity contribution in [3.63, 3.8) is 0 Å². The summed E-state index contributed by atoms with van der Waals surface area (Å²) >= 11 is 6.05. The highest BCUT2D eigenvalue weighted by atomic mass is 35.5. The molecule has 3 N–H and O–H groups in total. The first kappa shape index (κ1) is 19.3. The van der Waals surface area contributed by atoms with Crippen LogP contribution in [0.15, 0.2) is 53.6 Å². The van der Waals surface area contributed by atoms with Crippen LogP contribution in [0.2, 0.25) is 5.02 Å². The van der Waals surface area contributed by atoms with E-state index >= 15 is 0 Å². The number of carbonyl (C=O) groups excluding carboxylic acids is 1. The Morgan fingerprint density at radius 1 is 1.14 bits per heavy atom. The van der Waals surface area contributed by atoms with Crippen LogP contribution >= 0.6 is 11.6 Å². The van der Waals surface area contributed by atoms with Gasteiger partial charge in [-0.3, -0.25) is 4.79 Å².